The smallest absolute Gasteiger partial charge is 0.265 e. The third kappa shape index (κ3) is 3.82. The molecular formula is C15H16BrNO5S. The number of aromatic nitrogens is 1. The molecule has 0 saturated carbocycles. The first-order valence-corrected chi connectivity index (χ1v) is 9.49. The van der Waals surface area contributed by atoms with Gasteiger partial charge in [-0.3, -0.25) is 4.55 Å². The van der Waals surface area contributed by atoms with Crippen molar-refractivity contribution in [3.05, 3.63) is 51.8 Å². The van der Waals surface area contributed by atoms with Crippen LogP contribution in [-0.2, 0) is 33.1 Å². The average Bonchev–Trinajstić information content (AvgIpc) is 2.87. The minimum absolute atomic E-state index is 0.174. The maximum absolute atomic E-state index is 10.9. The fourth-order valence-electron chi connectivity index (χ4n) is 2.73. The molecule has 1 aromatic heterocycles. The minimum Gasteiger partial charge on any atom is -0.379 e. The standard InChI is InChI=1S/C15H16BrNO5S/c16-13-3-1-2-12(6-13)15(9-21-10-15)7-14-11(8-22-17-14)4-5-23(18,19)20/h1-3,6,8H,4-5,7,9-10H2,(H,18,19,20). The zero-order valence-electron chi connectivity index (χ0n) is 12.2. The second-order valence-electron chi connectivity index (χ2n) is 5.78. The molecule has 0 spiro atoms. The zero-order chi connectivity index (χ0) is 16.5. The van der Waals surface area contributed by atoms with Gasteiger partial charge in [0.15, 0.2) is 0 Å². The first kappa shape index (κ1) is 16.6. The summed E-state index contributed by atoms with van der Waals surface area (Å²) in [5.74, 6) is -0.346. The van der Waals surface area contributed by atoms with Gasteiger partial charge in [-0.15, -0.1) is 0 Å². The van der Waals surface area contributed by atoms with Crippen molar-refractivity contribution in [2.24, 2.45) is 0 Å². The number of rotatable bonds is 6. The third-order valence-electron chi connectivity index (χ3n) is 4.06. The van der Waals surface area contributed by atoms with Crippen LogP contribution in [0.4, 0.5) is 0 Å². The summed E-state index contributed by atoms with van der Waals surface area (Å²) in [5.41, 5.74) is 2.36. The third-order valence-corrected chi connectivity index (χ3v) is 5.27. The van der Waals surface area contributed by atoms with E-state index in [2.05, 4.69) is 27.2 Å². The molecule has 0 amide bonds. The van der Waals surface area contributed by atoms with Crippen LogP contribution in [-0.4, -0.2) is 37.1 Å². The Hall–Kier alpha value is -1.22. The molecule has 23 heavy (non-hydrogen) atoms. The highest BCUT2D eigenvalue weighted by Crippen LogP contribution is 2.37. The lowest BCUT2D eigenvalue weighted by molar-refractivity contribution is -0.0607. The predicted molar refractivity (Wildman–Crippen MR) is 87.0 cm³/mol. The Morgan fingerprint density at radius 2 is 2.13 bits per heavy atom. The molecule has 1 aliphatic rings. The van der Waals surface area contributed by atoms with Gasteiger partial charge in [0, 0.05) is 21.9 Å². The summed E-state index contributed by atoms with van der Waals surface area (Å²) in [6.45, 7) is 1.15. The summed E-state index contributed by atoms with van der Waals surface area (Å²) in [6.07, 6.45) is 2.21. The highest BCUT2D eigenvalue weighted by Gasteiger charge is 2.41. The maximum Gasteiger partial charge on any atom is 0.265 e. The van der Waals surface area contributed by atoms with Crippen molar-refractivity contribution in [3.8, 4) is 0 Å². The van der Waals surface area contributed by atoms with E-state index in [1.807, 2.05) is 18.2 Å². The van der Waals surface area contributed by atoms with E-state index in [-0.39, 0.29) is 17.6 Å². The molecule has 0 aliphatic carbocycles. The van der Waals surface area contributed by atoms with E-state index in [4.69, 9.17) is 13.8 Å². The van der Waals surface area contributed by atoms with Crippen LogP contribution in [0.2, 0.25) is 0 Å². The zero-order valence-corrected chi connectivity index (χ0v) is 14.6. The fraction of sp³-hybridized carbons (Fsp3) is 0.400. The molecule has 0 radical (unpaired) electrons. The summed E-state index contributed by atoms with van der Waals surface area (Å²) in [4.78, 5) is 0. The minimum atomic E-state index is -4.01. The lowest BCUT2D eigenvalue weighted by Crippen LogP contribution is -2.48. The van der Waals surface area contributed by atoms with Crippen molar-refractivity contribution in [3.63, 3.8) is 0 Å². The van der Waals surface area contributed by atoms with Crippen LogP contribution in [0.3, 0.4) is 0 Å². The van der Waals surface area contributed by atoms with Crippen LogP contribution in [0.5, 0.6) is 0 Å². The molecule has 1 N–H and O–H groups in total. The molecular weight excluding hydrogens is 386 g/mol. The summed E-state index contributed by atoms with van der Waals surface area (Å²) < 4.78 is 42.2. The first-order valence-electron chi connectivity index (χ1n) is 7.09. The Bertz CT molecular complexity index is 798. The normalized spacial score (nSPS) is 17.0. The van der Waals surface area contributed by atoms with Gasteiger partial charge in [-0.2, -0.15) is 8.42 Å². The molecule has 3 rings (SSSR count). The summed E-state index contributed by atoms with van der Waals surface area (Å²) in [6, 6.07) is 8.04. The SMILES string of the molecule is O=S(=O)(O)CCc1conc1CC1(c2cccc(Br)c2)COC1. The monoisotopic (exact) mass is 401 g/mol. The van der Waals surface area contributed by atoms with Crippen LogP contribution in [0.25, 0.3) is 0 Å². The molecule has 1 aliphatic heterocycles. The quantitative estimate of drug-likeness (QED) is 0.747. The summed E-state index contributed by atoms with van der Waals surface area (Å²) in [5, 5.41) is 4.01. The van der Waals surface area contributed by atoms with Crippen LogP contribution >= 0.6 is 15.9 Å². The molecule has 1 aromatic carbocycles. The Balaban J connectivity index is 1.82. The van der Waals surface area contributed by atoms with Gasteiger partial charge in [0.1, 0.15) is 6.26 Å². The number of halogens is 1. The second-order valence-corrected chi connectivity index (χ2v) is 8.27. The molecule has 6 nitrogen and oxygen atoms in total. The van der Waals surface area contributed by atoms with E-state index in [9.17, 15) is 8.42 Å². The van der Waals surface area contributed by atoms with E-state index in [1.54, 1.807) is 0 Å². The maximum atomic E-state index is 10.9. The van der Waals surface area contributed by atoms with Crippen molar-refractivity contribution < 1.29 is 22.2 Å². The van der Waals surface area contributed by atoms with E-state index < -0.39 is 10.1 Å². The Morgan fingerprint density at radius 3 is 2.74 bits per heavy atom. The predicted octanol–water partition coefficient (Wildman–Crippen LogP) is 2.38. The van der Waals surface area contributed by atoms with E-state index in [0.29, 0.717) is 30.9 Å². The van der Waals surface area contributed by atoms with Crippen LogP contribution in [0, 0.1) is 0 Å². The Morgan fingerprint density at radius 1 is 1.35 bits per heavy atom. The van der Waals surface area contributed by atoms with E-state index in [0.717, 1.165) is 10.0 Å². The second kappa shape index (κ2) is 6.35. The number of hydrogen-bond donors (Lipinski definition) is 1. The average molecular weight is 402 g/mol. The van der Waals surface area contributed by atoms with Crippen molar-refractivity contribution >= 4 is 26.0 Å². The lowest BCUT2D eigenvalue weighted by atomic mass is 9.74. The van der Waals surface area contributed by atoms with Crippen molar-refractivity contribution in [2.45, 2.75) is 18.3 Å². The van der Waals surface area contributed by atoms with Gasteiger partial charge in [-0.05, 0) is 24.1 Å². The van der Waals surface area contributed by atoms with Crippen molar-refractivity contribution in [1.29, 1.82) is 0 Å². The van der Waals surface area contributed by atoms with Gasteiger partial charge in [-0.1, -0.05) is 33.2 Å². The molecule has 2 heterocycles. The largest absolute Gasteiger partial charge is 0.379 e. The lowest BCUT2D eigenvalue weighted by Gasteiger charge is -2.41. The number of benzene rings is 1. The summed E-state index contributed by atoms with van der Waals surface area (Å²) in [7, 11) is -4.01. The molecule has 0 atom stereocenters. The number of ether oxygens (including phenoxy) is 1. The van der Waals surface area contributed by atoms with Gasteiger partial charge >= 0.3 is 0 Å². The fourth-order valence-corrected chi connectivity index (χ4v) is 3.60. The molecule has 1 fully saturated rings. The number of aryl methyl sites for hydroxylation is 1. The first-order chi connectivity index (χ1) is 10.9. The molecule has 0 unspecified atom stereocenters. The van der Waals surface area contributed by atoms with Gasteiger partial charge in [0.05, 0.1) is 24.7 Å². The van der Waals surface area contributed by atoms with Crippen molar-refractivity contribution in [2.75, 3.05) is 19.0 Å². The molecule has 1 saturated heterocycles. The highest BCUT2D eigenvalue weighted by atomic mass is 79.9. The molecule has 0 bridgehead atoms. The number of nitrogens with zero attached hydrogens (tertiary/aromatic N) is 1. The molecule has 8 heteroatoms. The van der Waals surface area contributed by atoms with Crippen molar-refractivity contribution in [1.82, 2.24) is 5.16 Å². The topological polar surface area (TPSA) is 89.6 Å². The van der Waals surface area contributed by atoms with E-state index >= 15 is 0 Å². The number of hydrogen-bond acceptors (Lipinski definition) is 5. The highest BCUT2D eigenvalue weighted by molar-refractivity contribution is 9.10. The Labute approximate surface area is 142 Å². The van der Waals surface area contributed by atoms with E-state index in [1.165, 1.54) is 6.26 Å². The molecule has 124 valence electrons. The Kier molecular flexibility index (Phi) is 4.59. The van der Waals surface area contributed by atoms with Gasteiger partial charge < -0.3 is 9.26 Å². The summed E-state index contributed by atoms with van der Waals surface area (Å²) >= 11 is 3.48. The van der Waals surface area contributed by atoms with Gasteiger partial charge in [0.25, 0.3) is 10.1 Å². The van der Waals surface area contributed by atoms with Crippen LogP contribution < -0.4 is 0 Å². The van der Waals surface area contributed by atoms with Crippen LogP contribution in [0.15, 0.2) is 39.5 Å². The molecule has 2 aromatic rings. The van der Waals surface area contributed by atoms with Gasteiger partial charge in [0.2, 0.25) is 0 Å². The van der Waals surface area contributed by atoms with Gasteiger partial charge in [-0.25, -0.2) is 0 Å². The van der Waals surface area contributed by atoms with Crippen LogP contribution in [0.1, 0.15) is 16.8 Å².